The van der Waals surface area contributed by atoms with Crippen LogP contribution in [0.25, 0.3) is 0 Å². The van der Waals surface area contributed by atoms with Gasteiger partial charge >= 0.3 is 11.9 Å². The second-order valence-electron chi connectivity index (χ2n) is 8.33. The van der Waals surface area contributed by atoms with E-state index in [1.807, 2.05) is 0 Å². The molecule has 0 aromatic heterocycles. The average Bonchev–Trinajstić information content (AvgIpc) is 2.72. The minimum Gasteiger partial charge on any atom is -0.465 e. The summed E-state index contributed by atoms with van der Waals surface area (Å²) in [5, 5.41) is 2.99. The predicted octanol–water partition coefficient (Wildman–Crippen LogP) is 3.56. The van der Waals surface area contributed by atoms with Crippen LogP contribution in [-0.2, 0) is 23.9 Å². The summed E-state index contributed by atoms with van der Waals surface area (Å²) in [6.07, 6.45) is 11.0. The van der Waals surface area contributed by atoms with Crippen LogP contribution >= 0.6 is 0 Å². The van der Waals surface area contributed by atoms with Crippen molar-refractivity contribution in [3.8, 4) is 0 Å². The van der Waals surface area contributed by atoms with Gasteiger partial charge in [-0.15, -0.1) is 0 Å². The average molecular weight is 396 g/mol. The predicted molar refractivity (Wildman–Crippen MR) is 107 cm³/mol. The van der Waals surface area contributed by atoms with E-state index < -0.39 is 18.1 Å². The summed E-state index contributed by atoms with van der Waals surface area (Å²) in [6.45, 7) is 4.10. The number of Topliss-reactive ketones (excluding diaryl/α,β-unsaturated/α-hetero) is 1. The summed E-state index contributed by atoms with van der Waals surface area (Å²) in [5.74, 6) is -0.281. The van der Waals surface area contributed by atoms with E-state index in [4.69, 9.17) is 9.47 Å². The molecule has 1 N–H and O–H groups in total. The Balaban J connectivity index is 1.85. The maximum absolute atomic E-state index is 12.6. The van der Waals surface area contributed by atoms with E-state index in [0.29, 0.717) is 12.5 Å². The highest BCUT2D eigenvalue weighted by Crippen LogP contribution is 2.26. The van der Waals surface area contributed by atoms with E-state index in [0.717, 1.165) is 38.5 Å². The third-order valence-corrected chi connectivity index (χ3v) is 6.03. The molecule has 0 radical (unpaired) electrons. The lowest BCUT2D eigenvalue weighted by molar-refractivity contribution is -0.151. The summed E-state index contributed by atoms with van der Waals surface area (Å²) < 4.78 is 10.6. The lowest BCUT2D eigenvalue weighted by atomic mass is 9.84. The van der Waals surface area contributed by atoms with E-state index in [9.17, 15) is 14.4 Å². The molecule has 2 rings (SSSR count). The Labute approximate surface area is 169 Å². The minimum absolute atomic E-state index is 0.0287. The zero-order valence-electron chi connectivity index (χ0n) is 17.5. The molecule has 0 spiro atoms. The summed E-state index contributed by atoms with van der Waals surface area (Å²) in [7, 11) is 0. The normalized spacial score (nSPS) is 20.9. The van der Waals surface area contributed by atoms with Crippen LogP contribution in [0.5, 0.6) is 0 Å². The lowest BCUT2D eigenvalue weighted by Gasteiger charge is -2.25. The number of hydrogen-bond acceptors (Lipinski definition) is 6. The van der Waals surface area contributed by atoms with Gasteiger partial charge < -0.3 is 9.47 Å². The topological polar surface area (TPSA) is 81.7 Å². The summed E-state index contributed by atoms with van der Waals surface area (Å²) in [4.78, 5) is 37.3. The Kier molecular flexibility index (Phi) is 9.96. The number of hydrogen-bond donors (Lipinski definition) is 1. The molecular weight excluding hydrogens is 358 g/mol. The van der Waals surface area contributed by atoms with Gasteiger partial charge in [-0.1, -0.05) is 38.5 Å². The standard InChI is InChI=1S/C22H37NO5/c1-3-27-22(26)19(14-20(24)18-12-8-5-9-13-18)23-16(2)21(25)28-15-17-10-6-4-7-11-17/h16-19,23H,3-15H2,1-2H3/t16-,19-/m0/s1. The molecule has 28 heavy (non-hydrogen) atoms. The Morgan fingerprint density at radius 3 is 2.11 bits per heavy atom. The van der Waals surface area contributed by atoms with Gasteiger partial charge in [-0.25, -0.2) is 0 Å². The smallest absolute Gasteiger partial charge is 0.323 e. The molecule has 0 amide bonds. The van der Waals surface area contributed by atoms with Gasteiger partial charge in [0.1, 0.15) is 17.9 Å². The van der Waals surface area contributed by atoms with Crippen LogP contribution in [0.2, 0.25) is 0 Å². The highest BCUT2D eigenvalue weighted by atomic mass is 16.5. The molecule has 0 aromatic rings. The first-order valence-corrected chi connectivity index (χ1v) is 11.1. The van der Waals surface area contributed by atoms with Crippen molar-refractivity contribution in [2.24, 2.45) is 11.8 Å². The fourth-order valence-corrected chi connectivity index (χ4v) is 4.29. The van der Waals surface area contributed by atoms with Crippen LogP contribution in [0.15, 0.2) is 0 Å². The van der Waals surface area contributed by atoms with Crippen molar-refractivity contribution in [1.29, 1.82) is 0 Å². The molecule has 0 aromatic carbocycles. The molecule has 0 bridgehead atoms. The van der Waals surface area contributed by atoms with Crippen molar-refractivity contribution in [3.63, 3.8) is 0 Å². The monoisotopic (exact) mass is 395 g/mol. The molecule has 2 aliphatic carbocycles. The van der Waals surface area contributed by atoms with Gasteiger partial charge in [-0.3, -0.25) is 19.7 Å². The molecular formula is C22H37NO5. The molecule has 2 saturated carbocycles. The van der Waals surface area contributed by atoms with Crippen LogP contribution in [0, 0.1) is 11.8 Å². The Bertz CT molecular complexity index is 509. The van der Waals surface area contributed by atoms with E-state index in [2.05, 4.69) is 5.32 Å². The molecule has 2 atom stereocenters. The van der Waals surface area contributed by atoms with Gasteiger partial charge in [0.05, 0.1) is 13.2 Å². The number of nitrogens with one attached hydrogen (secondary N) is 1. The van der Waals surface area contributed by atoms with Crippen molar-refractivity contribution in [3.05, 3.63) is 0 Å². The molecule has 0 unspecified atom stereocenters. The summed E-state index contributed by atoms with van der Waals surface area (Å²) in [5.41, 5.74) is 0. The lowest BCUT2D eigenvalue weighted by Crippen LogP contribution is -2.48. The number of ketones is 1. The Morgan fingerprint density at radius 1 is 0.893 bits per heavy atom. The van der Waals surface area contributed by atoms with Crippen LogP contribution in [0.4, 0.5) is 0 Å². The van der Waals surface area contributed by atoms with Crippen molar-refractivity contribution >= 4 is 17.7 Å². The van der Waals surface area contributed by atoms with E-state index in [1.165, 1.54) is 25.7 Å². The number of esters is 2. The van der Waals surface area contributed by atoms with Gasteiger partial charge in [0.25, 0.3) is 0 Å². The highest BCUT2D eigenvalue weighted by molar-refractivity contribution is 5.88. The molecule has 6 nitrogen and oxygen atoms in total. The maximum Gasteiger partial charge on any atom is 0.323 e. The summed E-state index contributed by atoms with van der Waals surface area (Å²) >= 11 is 0. The van der Waals surface area contributed by atoms with Gasteiger partial charge in [-0.05, 0) is 45.4 Å². The number of carbonyl (C=O) groups excluding carboxylic acids is 3. The van der Waals surface area contributed by atoms with Crippen LogP contribution in [0.1, 0.15) is 84.5 Å². The molecule has 2 aliphatic rings. The first kappa shape index (κ1) is 22.9. The largest absolute Gasteiger partial charge is 0.465 e. The quantitative estimate of drug-likeness (QED) is 0.570. The van der Waals surface area contributed by atoms with Crippen LogP contribution < -0.4 is 5.32 Å². The summed E-state index contributed by atoms with van der Waals surface area (Å²) in [6, 6.07) is -1.45. The third kappa shape index (κ3) is 7.53. The second-order valence-corrected chi connectivity index (χ2v) is 8.33. The zero-order valence-corrected chi connectivity index (χ0v) is 17.5. The first-order chi connectivity index (χ1) is 13.5. The Hall–Kier alpha value is -1.43. The second kappa shape index (κ2) is 12.2. The van der Waals surface area contributed by atoms with E-state index >= 15 is 0 Å². The van der Waals surface area contributed by atoms with Crippen molar-refractivity contribution in [2.75, 3.05) is 13.2 Å². The SMILES string of the molecule is CCOC(=O)[C@H](CC(=O)C1CCCCC1)N[C@@H](C)C(=O)OCC1CCCCC1. The van der Waals surface area contributed by atoms with Gasteiger partial charge in [0.2, 0.25) is 0 Å². The van der Waals surface area contributed by atoms with Gasteiger partial charge in [0.15, 0.2) is 0 Å². The maximum atomic E-state index is 12.6. The van der Waals surface area contributed by atoms with Crippen molar-refractivity contribution in [1.82, 2.24) is 5.32 Å². The van der Waals surface area contributed by atoms with Crippen LogP contribution in [0.3, 0.4) is 0 Å². The Morgan fingerprint density at radius 2 is 1.50 bits per heavy atom. The van der Waals surface area contributed by atoms with Crippen molar-refractivity contribution in [2.45, 2.75) is 96.6 Å². The van der Waals surface area contributed by atoms with Gasteiger partial charge in [0, 0.05) is 12.3 Å². The van der Waals surface area contributed by atoms with E-state index in [-0.39, 0.29) is 30.7 Å². The van der Waals surface area contributed by atoms with Crippen molar-refractivity contribution < 1.29 is 23.9 Å². The van der Waals surface area contributed by atoms with Gasteiger partial charge in [-0.2, -0.15) is 0 Å². The molecule has 160 valence electrons. The molecule has 0 saturated heterocycles. The first-order valence-electron chi connectivity index (χ1n) is 11.1. The molecule has 0 aliphatic heterocycles. The van der Waals surface area contributed by atoms with Crippen LogP contribution in [-0.4, -0.2) is 43.0 Å². The molecule has 2 fully saturated rings. The third-order valence-electron chi connectivity index (χ3n) is 6.03. The fourth-order valence-electron chi connectivity index (χ4n) is 4.29. The number of rotatable bonds is 10. The zero-order chi connectivity index (χ0) is 20.4. The highest BCUT2D eigenvalue weighted by Gasteiger charge is 2.31. The number of ether oxygens (including phenoxy) is 2. The minimum atomic E-state index is -0.799. The molecule has 0 heterocycles. The fraction of sp³-hybridized carbons (Fsp3) is 0.864. The number of carbonyl (C=O) groups is 3. The van der Waals surface area contributed by atoms with E-state index in [1.54, 1.807) is 13.8 Å². The molecule has 6 heteroatoms.